The third-order valence-corrected chi connectivity index (χ3v) is 2.71. The Hall–Kier alpha value is -1.95. The molecule has 1 rings (SSSR count). The first-order valence-corrected chi connectivity index (χ1v) is 6.29. The molecular weight excluding hydrogens is 263 g/mol. The maximum atomic E-state index is 13.2. The lowest BCUT2D eigenvalue weighted by Gasteiger charge is -2.15. The molecule has 0 aromatic heterocycles. The molecule has 0 fully saturated rings. The number of benzene rings is 1. The third kappa shape index (κ3) is 4.31. The molecule has 1 amide bonds. The van der Waals surface area contributed by atoms with Gasteiger partial charge in [0.25, 0.3) is 0 Å². The Balaban J connectivity index is 2.92. The maximum Gasteiger partial charge on any atom is 0.340 e. The minimum absolute atomic E-state index is 0.0439. The average Bonchev–Trinajstić information content (AvgIpc) is 2.38. The van der Waals surface area contributed by atoms with Gasteiger partial charge in [0.1, 0.15) is 5.82 Å². The molecular formula is C14H19FN2O3. The van der Waals surface area contributed by atoms with E-state index >= 15 is 0 Å². The fourth-order valence-electron chi connectivity index (χ4n) is 1.74. The van der Waals surface area contributed by atoms with Crippen molar-refractivity contribution in [1.82, 2.24) is 0 Å². The van der Waals surface area contributed by atoms with Crippen molar-refractivity contribution >= 4 is 17.6 Å². The average molecular weight is 282 g/mol. The Bertz CT molecular complexity index is 503. The van der Waals surface area contributed by atoms with E-state index in [0.717, 1.165) is 12.1 Å². The van der Waals surface area contributed by atoms with Crippen LogP contribution >= 0.6 is 0 Å². The van der Waals surface area contributed by atoms with E-state index in [0.29, 0.717) is 6.42 Å². The molecule has 1 unspecified atom stereocenters. The minimum atomic E-state index is -0.725. The smallest absolute Gasteiger partial charge is 0.340 e. The quantitative estimate of drug-likeness (QED) is 0.808. The molecule has 0 spiro atoms. The zero-order valence-electron chi connectivity index (χ0n) is 11.8. The largest absolute Gasteiger partial charge is 0.465 e. The van der Waals surface area contributed by atoms with Gasteiger partial charge >= 0.3 is 5.97 Å². The highest BCUT2D eigenvalue weighted by molar-refractivity contribution is 6.02. The number of anilines is 1. The molecule has 0 aliphatic heterocycles. The molecule has 1 atom stereocenters. The number of nitrogens with one attached hydrogen (secondary N) is 1. The van der Waals surface area contributed by atoms with Crippen LogP contribution in [0.2, 0.25) is 0 Å². The molecule has 0 radical (unpaired) electrons. The van der Waals surface area contributed by atoms with Crippen molar-refractivity contribution in [1.29, 1.82) is 0 Å². The summed E-state index contributed by atoms with van der Waals surface area (Å²) in [6.45, 7) is 3.90. The highest BCUT2D eigenvalue weighted by Crippen LogP contribution is 2.18. The Kier molecular flexibility index (Phi) is 5.64. The highest BCUT2D eigenvalue weighted by Gasteiger charge is 2.19. The fourth-order valence-corrected chi connectivity index (χ4v) is 1.74. The summed E-state index contributed by atoms with van der Waals surface area (Å²) in [5.41, 5.74) is 5.89. The number of ether oxygens (including phenoxy) is 1. The first kappa shape index (κ1) is 16.1. The molecule has 5 nitrogen and oxygen atoms in total. The van der Waals surface area contributed by atoms with Crippen molar-refractivity contribution in [2.24, 2.45) is 11.7 Å². The monoisotopic (exact) mass is 282 g/mol. The molecule has 20 heavy (non-hydrogen) atoms. The lowest BCUT2D eigenvalue weighted by atomic mass is 10.0. The predicted molar refractivity (Wildman–Crippen MR) is 73.8 cm³/mol. The molecule has 0 aliphatic rings. The standard InChI is InChI=1S/C14H19FN2O3/c1-8(2)6-11(16)13(18)17-12-5-4-9(15)7-10(12)14(19)20-3/h4-5,7-8,11H,6,16H2,1-3H3,(H,17,18). The summed E-state index contributed by atoms with van der Waals surface area (Å²) >= 11 is 0. The summed E-state index contributed by atoms with van der Waals surface area (Å²) in [5, 5.41) is 2.53. The van der Waals surface area contributed by atoms with Crippen molar-refractivity contribution in [2.75, 3.05) is 12.4 Å². The van der Waals surface area contributed by atoms with Gasteiger partial charge in [-0.3, -0.25) is 4.79 Å². The maximum absolute atomic E-state index is 13.2. The summed E-state index contributed by atoms with van der Waals surface area (Å²) in [7, 11) is 1.18. The highest BCUT2D eigenvalue weighted by atomic mass is 19.1. The SMILES string of the molecule is COC(=O)c1cc(F)ccc1NC(=O)C(N)CC(C)C. The van der Waals surface area contributed by atoms with Crippen LogP contribution in [0.25, 0.3) is 0 Å². The molecule has 0 bridgehead atoms. The van der Waals surface area contributed by atoms with Crippen molar-refractivity contribution in [3.05, 3.63) is 29.6 Å². The van der Waals surface area contributed by atoms with Crippen molar-refractivity contribution in [3.8, 4) is 0 Å². The van der Waals surface area contributed by atoms with E-state index in [1.165, 1.54) is 13.2 Å². The second-order valence-electron chi connectivity index (χ2n) is 4.91. The molecule has 1 aromatic rings. The summed E-state index contributed by atoms with van der Waals surface area (Å²) in [5.74, 6) is -1.47. The van der Waals surface area contributed by atoms with E-state index in [9.17, 15) is 14.0 Å². The number of hydrogen-bond acceptors (Lipinski definition) is 4. The Morgan fingerprint density at radius 2 is 2.05 bits per heavy atom. The molecule has 3 N–H and O–H groups in total. The van der Waals surface area contributed by atoms with Crippen molar-refractivity contribution in [2.45, 2.75) is 26.3 Å². The van der Waals surface area contributed by atoms with Crippen LogP contribution in [0.3, 0.4) is 0 Å². The Morgan fingerprint density at radius 3 is 2.60 bits per heavy atom. The molecule has 6 heteroatoms. The number of carbonyl (C=O) groups is 2. The van der Waals surface area contributed by atoms with Gasteiger partial charge in [-0.25, -0.2) is 9.18 Å². The van der Waals surface area contributed by atoms with Gasteiger partial charge in [-0.15, -0.1) is 0 Å². The normalized spacial score (nSPS) is 12.1. The van der Waals surface area contributed by atoms with Gasteiger partial charge in [-0.2, -0.15) is 0 Å². The predicted octanol–water partition coefficient (Wildman–Crippen LogP) is 1.92. The summed E-state index contributed by atoms with van der Waals surface area (Å²) in [6.07, 6.45) is 0.514. The minimum Gasteiger partial charge on any atom is -0.465 e. The molecule has 0 heterocycles. The van der Waals surface area contributed by atoms with Crippen LogP contribution in [-0.4, -0.2) is 25.0 Å². The third-order valence-electron chi connectivity index (χ3n) is 2.71. The first-order chi connectivity index (χ1) is 9.35. The number of rotatable bonds is 5. The number of esters is 1. The van der Waals surface area contributed by atoms with Gasteiger partial charge in [0.15, 0.2) is 0 Å². The number of amides is 1. The summed E-state index contributed by atoms with van der Waals surface area (Å²) in [6, 6.07) is 2.78. The van der Waals surface area contributed by atoms with E-state index in [-0.39, 0.29) is 17.2 Å². The van der Waals surface area contributed by atoms with Gasteiger partial charge < -0.3 is 15.8 Å². The molecule has 0 saturated heterocycles. The summed E-state index contributed by atoms with van der Waals surface area (Å²) in [4.78, 5) is 23.5. The molecule has 0 aliphatic carbocycles. The van der Waals surface area contributed by atoms with Gasteiger partial charge in [-0.05, 0) is 30.5 Å². The zero-order chi connectivity index (χ0) is 15.3. The molecule has 110 valence electrons. The lowest BCUT2D eigenvalue weighted by Crippen LogP contribution is -2.37. The van der Waals surface area contributed by atoms with Crippen LogP contribution in [0.1, 0.15) is 30.6 Å². The van der Waals surface area contributed by atoms with Gasteiger partial charge in [0.2, 0.25) is 5.91 Å². The topological polar surface area (TPSA) is 81.4 Å². The molecule has 1 aromatic carbocycles. The van der Waals surface area contributed by atoms with Gasteiger partial charge in [0, 0.05) is 0 Å². The number of methoxy groups -OCH3 is 1. The zero-order valence-corrected chi connectivity index (χ0v) is 11.8. The first-order valence-electron chi connectivity index (χ1n) is 6.29. The van der Waals surface area contributed by atoms with Crippen LogP contribution in [0.5, 0.6) is 0 Å². The number of carbonyl (C=O) groups excluding carboxylic acids is 2. The van der Waals surface area contributed by atoms with Crippen LogP contribution in [0.15, 0.2) is 18.2 Å². The van der Waals surface area contributed by atoms with E-state index in [1.807, 2.05) is 13.8 Å². The van der Waals surface area contributed by atoms with Crippen LogP contribution in [0, 0.1) is 11.7 Å². The van der Waals surface area contributed by atoms with E-state index < -0.39 is 23.7 Å². The van der Waals surface area contributed by atoms with Crippen LogP contribution in [0.4, 0.5) is 10.1 Å². The van der Waals surface area contributed by atoms with E-state index in [1.54, 1.807) is 0 Å². The second kappa shape index (κ2) is 7.00. The van der Waals surface area contributed by atoms with Crippen LogP contribution < -0.4 is 11.1 Å². The fraction of sp³-hybridized carbons (Fsp3) is 0.429. The van der Waals surface area contributed by atoms with E-state index in [2.05, 4.69) is 10.1 Å². The Labute approximate surface area is 117 Å². The second-order valence-corrected chi connectivity index (χ2v) is 4.91. The Morgan fingerprint density at radius 1 is 1.40 bits per heavy atom. The van der Waals surface area contributed by atoms with E-state index in [4.69, 9.17) is 5.73 Å². The van der Waals surface area contributed by atoms with Crippen molar-refractivity contribution < 1.29 is 18.7 Å². The van der Waals surface area contributed by atoms with Gasteiger partial charge in [0.05, 0.1) is 24.4 Å². The lowest BCUT2D eigenvalue weighted by molar-refractivity contribution is -0.117. The number of hydrogen-bond donors (Lipinski definition) is 2. The van der Waals surface area contributed by atoms with Gasteiger partial charge in [-0.1, -0.05) is 13.8 Å². The van der Waals surface area contributed by atoms with Crippen molar-refractivity contribution in [3.63, 3.8) is 0 Å². The number of nitrogens with two attached hydrogens (primary N) is 1. The van der Waals surface area contributed by atoms with Crippen LogP contribution in [-0.2, 0) is 9.53 Å². The summed E-state index contributed by atoms with van der Waals surface area (Å²) < 4.78 is 17.7. The molecule has 0 saturated carbocycles. The number of halogens is 1.